The van der Waals surface area contributed by atoms with Crippen LogP contribution < -0.4 is 4.90 Å². The third-order valence-corrected chi connectivity index (χ3v) is 5.21. The Balaban J connectivity index is 0.000000401. The third kappa shape index (κ3) is 5.42. The maximum Gasteiger partial charge on any atom is 0.446 e. The summed E-state index contributed by atoms with van der Waals surface area (Å²) in [5.41, 5.74) is 3.39. The summed E-state index contributed by atoms with van der Waals surface area (Å²) in [5.74, 6) is 0. The number of likely N-dealkylation sites (N-methyl/N-ethyl adjacent to an activating group) is 1. The van der Waals surface area contributed by atoms with E-state index in [1.54, 1.807) is 4.90 Å². The molecule has 1 spiro atoms. The third-order valence-electron chi connectivity index (χ3n) is 5.21. The Morgan fingerprint density at radius 1 is 1.26 bits per heavy atom. The molecule has 164 valence electrons. The number of benzene rings is 1. The molecule has 4 rings (SSSR count). The van der Waals surface area contributed by atoms with Gasteiger partial charge in [0.15, 0.2) is 0 Å². The van der Waals surface area contributed by atoms with E-state index >= 15 is 0 Å². The molecule has 1 atom stereocenters. The van der Waals surface area contributed by atoms with Crippen LogP contribution in [0, 0.1) is 0 Å². The van der Waals surface area contributed by atoms with Gasteiger partial charge in [0.2, 0.25) is 6.29 Å². The van der Waals surface area contributed by atoms with Gasteiger partial charge < -0.3 is 9.64 Å². The highest BCUT2D eigenvalue weighted by atomic mass is 19.4. The second-order valence-electron chi connectivity index (χ2n) is 7.36. The average Bonchev–Trinajstić information content (AvgIpc) is 3.05. The number of hydrogen-bond acceptors (Lipinski definition) is 5. The van der Waals surface area contributed by atoms with Crippen LogP contribution in [-0.4, -0.2) is 48.6 Å². The van der Waals surface area contributed by atoms with Gasteiger partial charge in [0.05, 0.1) is 0 Å². The van der Waals surface area contributed by atoms with Gasteiger partial charge in [-0.2, -0.15) is 13.2 Å². The lowest BCUT2D eigenvalue weighted by atomic mass is 9.78. The molecule has 2 aromatic rings. The number of nitrogens with zero attached hydrogens (tertiary/aromatic N) is 3. The first kappa shape index (κ1) is 22.3. The Kier molecular flexibility index (Phi) is 6.62. The number of anilines is 1. The topological polar surface area (TPSA) is 62.7 Å². The van der Waals surface area contributed by atoms with Crippen molar-refractivity contribution < 1.29 is 27.5 Å². The van der Waals surface area contributed by atoms with Gasteiger partial charge >= 0.3 is 12.3 Å². The molecule has 2 aliphatic heterocycles. The molecule has 0 N–H and O–H groups in total. The van der Waals surface area contributed by atoms with E-state index in [0.717, 1.165) is 18.5 Å². The monoisotopic (exact) mass is 433 g/mol. The number of pyridine rings is 1. The van der Waals surface area contributed by atoms with Gasteiger partial charge in [-0.1, -0.05) is 36.4 Å². The highest BCUT2D eigenvalue weighted by molar-refractivity contribution is 5.70. The molecule has 2 aliphatic rings. The van der Waals surface area contributed by atoms with Crippen molar-refractivity contribution in [2.75, 3.05) is 25.0 Å². The summed E-state index contributed by atoms with van der Waals surface area (Å²) in [5, 5.41) is 0. The lowest BCUT2D eigenvalue weighted by molar-refractivity contribution is -0.156. The summed E-state index contributed by atoms with van der Waals surface area (Å²) in [7, 11) is 2.10. The minimum atomic E-state index is -4.64. The van der Waals surface area contributed by atoms with E-state index in [4.69, 9.17) is 9.53 Å². The molecular weight excluding hydrogens is 411 g/mol. The van der Waals surface area contributed by atoms with Gasteiger partial charge in [-0.05, 0) is 18.1 Å². The number of amides is 1. The zero-order valence-electron chi connectivity index (χ0n) is 16.9. The van der Waals surface area contributed by atoms with E-state index in [0.29, 0.717) is 13.2 Å². The molecule has 6 nitrogen and oxygen atoms in total. The maximum absolute atomic E-state index is 12.3. The van der Waals surface area contributed by atoms with Gasteiger partial charge in [0.1, 0.15) is 6.61 Å². The van der Waals surface area contributed by atoms with Crippen LogP contribution in [0.1, 0.15) is 17.5 Å². The number of carbonyl (C=O) groups is 2. The van der Waals surface area contributed by atoms with Crippen molar-refractivity contribution in [2.45, 2.75) is 24.6 Å². The van der Waals surface area contributed by atoms with Crippen molar-refractivity contribution in [1.82, 2.24) is 9.88 Å². The Labute approximate surface area is 177 Å². The minimum absolute atomic E-state index is 0.0610. The first-order chi connectivity index (χ1) is 14.7. The molecule has 9 heteroatoms. The fourth-order valence-corrected chi connectivity index (χ4v) is 3.72. The molecule has 0 bridgehead atoms. The van der Waals surface area contributed by atoms with E-state index in [9.17, 15) is 18.0 Å². The maximum atomic E-state index is 12.3. The quantitative estimate of drug-likeness (QED) is 0.668. The van der Waals surface area contributed by atoms with E-state index in [1.807, 2.05) is 48.9 Å². The Morgan fingerprint density at radius 3 is 2.58 bits per heavy atom. The number of rotatable bonds is 2. The summed E-state index contributed by atoms with van der Waals surface area (Å²) < 4.78 is 36.7. The number of fused-ring (bicyclic) bond motifs is 2. The lowest BCUT2D eigenvalue weighted by Crippen LogP contribution is -2.40. The Bertz CT molecular complexity index is 950. The molecule has 0 saturated carbocycles. The molecule has 1 aromatic carbocycles. The van der Waals surface area contributed by atoms with Crippen molar-refractivity contribution in [1.29, 1.82) is 0 Å². The van der Waals surface area contributed by atoms with Crippen LogP contribution in [0.3, 0.4) is 0 Å². The molecule has 0 fully saturated rings. The van der Waals surface area contributed by atoms with E-state index < -0.39 is 12.5 Å². The summed E-state index contributed by atoms with van der Waals surface area (Å²) >= 11 is 0. The number of alkyl halides is 3. The molecule has 1 aromatic heterocycles. The highest BCUT2D eigenvalue weighted by Crippen LogP contribution is 2.44. The molecule has 31 heavy (non-hydrogen) atoms. The SMILES string of the molecule is CN1CC2(C=CN(C(=O)OCc3ccccc3)CC2)c2cnccc21.O=CC(F)(F)F. The second-order valence-corrected chi connectivity index (χ2v) is 7.36. The summed E-state index contributed by atoms with van der Waals surface area (Å²) in [6, 6.07) is 11.8. The molecule has 0 aliphatic carbocycles. The predicted molar refractivity (Wildman–Crippen MR) is 108 cm³/mol. The van der Waals surface area contributed by atoms with Crippen molar-refractivity contribution >= 4 is 18.1 Å². The fraction of sp³-hybridized carbons (Fsp3) is 0.318. The number of halogens is 3. The van der Waals surface area contributed by atoms with Crippen molar-refractivity contribution in [2.24, 2.45) is 0 Å². The van der Waals surface area contributed by atoms with E-state index in [1.165, 1.54) is 11.3 Å². The fourth-order valence-electron chi connectivity index (χ4n) is 3.72. The lowest BCUT2D eigenvalue weighted by Gasteiger charge is -2.33. The van der Waals surface area contributed by atoms with Crippen molar-refractivity contribution in [3.8, 4) is 0 Å². The van der Waals surface area contributed by atoms with Crippen LogP contribution in [0.5, 0.6) is 0 Å². The standard InChI is InChI=1S/C20H21N3O2.C2HF3O/c1-22-15-20(17-13-21-10-7-18(17)22)8-11-23(12-9-20)19(24)25-14-16-5-3-2-4-6-16;3-2(4,5)1-6/h2-8,10-11,13H,9,12,14-15H2,1H3;1H. The Hall–Kier alpha value is -3.36. The Morgan fingerprint density at radius 2 is 1.97 bits per heavy atom. The van der Waals surface area contributed by atoms with Gasteiger partial charge in [-0.25, -0.2) is 4.79 Å². The van der Waals surface area contributed by atoms with Crippen LogP contribution in [0.15, 0.2) is 61.1 Å². The van der Waals surface area contributed by atoms with Gasteiger partial charge in [0, 0.05) is 55.4 Å². The van der Waals surface area contributed by atoms with E-state index in [-0.39, 0.29) is 11.5 Å². The smallest absolute Gasteiger partial charge is 0.444 e. The number of ether oxygens (including phenoxy) is 1. The zero-order chi connectivity index (χ0) is 22.5. The number of hydrogen-bond donors (Lipinski definition) is 0. The summed E-state index contributed by atoms with van der Waals surface area (Å²) in [6.07, 6.45) is 2.64. The van der Waals surface area contributed by atoms with Crippen molar-refractivity contribution in [3.63, 3.8) is 0 Å². The van der Waals surface area contributed by atoms with Gasteiger partial charge in [-0.3, -0.25) is 14.7 Å². The van der Waals surface area contributed by atoms with Crippen molar-refractivity contribution in [3.05, 3.63) is 72.2 Å². The number of aldehydes is 1. The normalized spacial score (nSPS) is 19.5. The minimum Gasteiger partial charge on any atom is -0.444 e. The molecule has 1 unspecified atom stereocenters. The molecule has 0 saturated heterocycles. The number of aromatic nitrogens is 1. The van der Waals surface area contributed by atoms with Gasteiger partial charge in [0.25, 0.3) is 0 Å². The van der Waals surface area contributed by atoms with Crippen LogP contribution in [0.25, 0.3) is 0 Å². The predicted octanol–water partition coefficient (Wildman–Crippen LogP) is 4.07. The summed E-state index contributed by atoms with van der Waals surface area (Å²) in [6.45, 7) is 1.86. The molecular formula is C22H22F3N3O3. The van der Waals surface area contributed by atoms with Crippen LogP contribution >= 0.6 is 0 Å². The highest BCUT2D eigenvalue weighted by Gasteiger charge is 2.42. The first-order valence-electron chi connectivity index (χ1n) is 9.59. The van der Waals surface area contributed by atoms with E-state index in [2.05, 4.69) is 29.1 Å². The van der Waals surface area contributed by atoms with Crippen LogP contribution in [0.4, 0.5) is 23.7 Å². The average molecular weight is 433 g/mol. The zero-order valence-corrected chi connectivity index (χ0v) is 16.9. The summed E-state index contributed by atoms with van der Waals surface area (Å²) in [4.78, 5) is 29.2. The van der Waals surface area contributed by atoms with Gasteiger partial charge in [-0.15, -0.1) is 0 Å². The molecule has 1 amide bonds. The second kappa shape index (κ2) is 9.20. The largest absolute Gasteiger partial charge is 0.446 e. The molecule has 0 radical (unpaired) electrons. The van der Waals surface area contributed by atoms with Crippen LogP contribution in [-0.2, 0) is 21.6 Å². The molecule has 3 heterocycles. The first-order valence-corrected chi connectivity index (χ1v) is 9.59. The number of carbonyl (C=O) groups excluding carboxylic acids is 2. The van der Waals surface area contributed by atoms with Crippen LogP contribution in [0.2, 0.25) is 0 Å².